The van der Waals surface area contributed by atoms with Crippen LogP contribution in [0.25, 0.3) is 11.3 Å². The molecule has 290 valence electrons. The van der Waals surface area contributed by atoms with Gasteiger partial charge in [-0.15, -0.1) is 0 Å². The standard InChI is InChI=1S/C37H45N5O12/c1-4-7-8-12-25(28(5-2)42(21-43)54-37(51)23-10-9-11-24(38)17-23)33(46)39-20-40-35(48)30-16-15-29(53-30)22-13-14-26(31(18-22)52-6-3)34(47)41-27(36(49)50)19-32(44)45/h9-11,13-18,21,25,27-28H,4-8,12,19-20,38H2,1-3H3,(H,39,46)(H,40,48)(H,41,47)(H,44,45)(H,49,50)/t25?,27?,28-/m1/s1. The largest absolute Gasteiger partial charge is 0.493 e. The van der Waals surface area contributed by atoms with Crippen LogP contribution >= 0.6 is 0 Å². The van der Waals surface area contributed by atoms with Gasteiger partial charge in [-0.3, -0.25) is 24.0 Å². The lowest BCUT2D eigenvalue weighted by Crippen LogP contribution is -2.49. The SMILES string of the molecule is CCCCCC(C(=O)NCNC(=O)c1ccc(-c2ccc(C(=O)NC(CC(=O)O)C(=O)O)c(OCC)c2)o1)[C@@H](CC)N(C=O)OC(=O)c1cccc(N)c1. The molecule has 3 atom stereocenters. The average molecular weight is 752 g/mol. The molecule has 0 aliphatic rings. The van der Waals surface area contributed by atoms with E-state index in [1.807, 2.05) is 6.92 Å². The van der Waals surface area contributed by atoms with E-state index in [0.29, 0.717) is 30.5 Å². The Labute approximate surface area is 311 Å². The van der Waals surface area contributed by atoms with E-state index in [9.17, 15) is 38.7 Å². The van der Waals surface area contributed by atoms with Gasteiger partial charge in [0.1, 0.15) is 17.6 Å². The van der Waals surface area contributed by atoms with Crippen LogP contribution in [0.5, 0.6) is 5.75 Å². The van der Waals surface area contributed by atoms with Gasteiger partial charge in [-0.05, 0) is 62.2 Å². The molecule has 1 heterocycles. The fraction of sp³-hybridized carbons (Fsp3) is 0.378. The number of rotatable bonds is 22. The number of anilines is 1. The molecule has 0 bridgehead atoms. The van der Waals surface area contributed by atoms with Crippen molar-refractivity contribution in [1.29, 1.82) is 0 Å². The second kappa shape index (κ2) is 20.6. The van der Waals surface area contributed by atoms with Gasteiger partial charge in [-0.2, -0.15) is 5.06 Å². The van der Waals surface area contributed by atoms with Gasteiger partial charge in [-0.1, -0.05) is 45.2 Å². The Balaban J connectivity index is 1.69. The van der Waals surface area contributed by atoms with E-state index in [-0.39, 0.29) is 48.1 Å². The zero-order chi connectivity index (χ0) is 39.8. The van der Waals surface area contributed by atoms with Crippen molar-refractivity contribution in [3.05, 3.63) is 71.5 Å². The second-order valence-electron chi connectivity index (χ2n) is 12.0. The summed E-state index contributed by atoms with van der Waals surface area (Å²) < 4.78 is 11.3. The van der Waals surface area contributed by atoms with Crippen LogP contribution in [-0.2, 0) is 24.0 Å². The third-order valence-corrected chi connectivity index (χ3v) is 8.21. The Kier molecular flexibility index (Phi) is 16.0. The molecule has 7 N–H and O–H groups in total. The second-order valence-corrected chi connectivity index (χ2v) is 12.0. The predicted octanol–water partition coefficient (Wildman–Crippen LogP) is 3.59. The van der Waals surface area contributed by atoms with E-state index in [0.717, 1.165) is 17.9 Å². The molecule has 3 rings (SSSR count). The number of furan rings is 1. The maximum atomic E-state index is 13.5. The third-order valence-electron chi connectivity index (χ3n) is 8.21. The van der Waals surface area contributed by atoms with Crippen molar-refractivity contribution >= 4 is 47.7 Å². The Morgan fingerprint density at radius 1 is 0.944 bits per heavy atom. The van der Waals surface area contributed by atoms with Crippen LogP contribution in [-0.4, -0.2) is 82.7 Å². The van der Waals surface area contributed by atoms with Crippen LogP contribution in [0.15, 0.2) is 59.0 Å². The minimum Gasteiger partial charge on any atom is -0.493 e. The first-order valence-corrected chi connectivity index (χ1v) is 17.3. The molecule has 0 fully saturated rings. The quantitative estimate of drug-likeness (QED) is 0.0282. The molecule has 2 aromatic carbocycles. The number of carbonyl (C=O) groups is 7. The number of hydroxylamine groups is 2. The van der Waals surface area contributed by atoms with E-state index < -0.39 is 60.1 Å². The molecule has 0 aliphatic carbocycles. The minimum atomic E-state index is -1.67. The van der Waals surface area contributed by atoms with Gasteiger partial charge >= 0.3 is 17.9 Å². The molecule has 1 aromatic heterocycles. The highest BCUT2D eigenvalue weighted by molar-refractivity contribution is 6.00. The number of unbranched alkanes of at least 4 members (excludes halogenated alkanes) is 2. The Bertz CT molecular complexity index is 1810. The maximum absolute atomic E-state index is 13.5. The molecule has 4 amide bonds. The molecular formula is C37H45N5O12. The number of nitrogen functional groups attached to an aromatic ring is 1. The highest BCUT2D eigenvalue weighted by Crippen LogP contribution is 2.29. The van der Waals surface area contributed by atoms with E-state index in [1.165, 1.54) is 42.5 Å². The van der Waals surface area contributed by atoms with Gasteiger partial charge in [0.2, 0.25) is 12.3 Å². The van der Waals surface area contributed by atoms with Crippen molar-refractivity contribution in [2.45, 2.75) is 71.4 Å². The Morgan fingerprint density at radius 2 is 1.70 bits per heavy atom. The summed E-state index contributed by atoms with van der Waals surface area (Å²) in [7, 11) is 0. The van der Waals surface area contributed by atoms with E-state index in [4.69, 9.17) is 24.8 Å². The van der Waals surface area contributed by atoms with Crippen LogP contribution in [0, 0.1) is 5.92 Å². The summed E-state index contributed by atoms with van der Waals surface area (Å²) in [6.45, 7) is 5.26. The van der Waals surface area contributed by atoms with Crippen LogP contribution in [0.1, 0.15) is 90.6 Å². The molecule has 17 nitrogen and oxygen atoms in total. The van der Waals surface area contributed by atoms with Crippen LogP contribution in [0.3, 0.4) is 0 Å². The molecule has 0 radical (unpaired) electrons. The van der Waals surface area contributed by atoms with Gasteiger partial charge in [0.25, 0.3) is 11.8 Å². The van der Waals surface area contributed by atoms with Crippen molar-refractivity contribution in [1.82, 2.24) is 21.0 Å². The number of aliphatic carboxylic acids is 2. The molecule has 54 heavy (non-hydrogen) atoms. The molecule has 3 aromatic rings. The molecule has 0 spiro atoms. The fourth-order valence-electron chi connectivity index (χ4n) is 5.53. The lowest BCUT2D eigenvalue weighted by atomic mass is 9.90. The van der Waals surface area contributed by atoms with Crippen molar-refractivity contribution in [2.24, 2.45) is 5.92 Å². The highest BCUT2D eigenvalue weighted by atomic mass is 16.7. The molecule has 0 saturated heterocycles. The first-order chi connectivity index (χ1) is 25.8. The normalized spacial score (nSPS) is 12.4. The van der Waals surface area contributed by atoms with Gasteiger partial charge in [0, 0.05) is 11.3 Å². The number of carboxylic acid groups (broad SMARTS) is 2. The predicted molar refractivity (Wildman–Crippen MR) is 193 cm³/mol. The summed E-state index contributed by atoms with van der Waals surface area (Å²) in [4.78, 5) is 92.1. The number of nitrogens with one attached hydrogen (secondary N) is 3. The zero-order valence-corrected chi connectivity index (χ0v) is 30.2. The number of hydrogen-bond acceptors (Lipinski definition) is 11. The highest BCUT2D eigenvalue weighted by Gasteiger charge is 2.34. The van der Waals surface area contributed by atoms with Crippen LogP contribution in [0.2, 0.25) is 0 Å². The number of carbonyl (C=O) groups excluding carboxylic acids is 5. The lowest BCUT2D eigenvalue weighted by Gasteiger charge is -2.31. The summed E-state index contributed by atoms with van der Waals surface area (Å²) >= 11 is 0. The summed E-state index contributed by atoms with van der Waals surface area (Å²) in [5, 5.41) is 26.5. The Morgan fingerprint density at radius 3 is 2.33 bits per heavy atom. The van der Waals surface area contributed by atoms with Gasteiger partial charge < -0.3 is 45.9 Å². The van der Waals surface area contributed by atoms with Crippen molar-refractivity contribution in [3.63, 3.8) is 0 Å². The van der Waals surface area contributed by atoms with Crippen LogP contribution in [0.4, 0.5) is 5.69 Å². The van der Waals surface area contributed by atoms with Crippen molar-refractivity contribution in [2.75, 3.05) is 19.0 Å². The Hall–Kier alpha value is -6.39. The summed E-state index contributed by atoms with van der Waals surface area (Å²) in [6, 6.07) is 10.7. The summed E-state index contributed by atoms with van der Waals surface area (Å²) in [6.07, 6.45) is 2.53. The molecule has 0 aliphatic heterocycles. The number of benzene rings is 2. The van der Waals surface area contributed by atoms with Gasteiger partial charge in [0.05, 0.1) is 42.8 Å². The number of carboxylic acids is 2. The fourth-order valence-corrected chi connectivity index (χ4v) is 5.53. The number of hydrogen-bond donors (Lipinski definition) is 6. The average Bonchev–Trinajstić information content (AvgIpc) is 3.64. The zero-order valence-electron chi connectivity index (χ0n) is 30.2. The van der Waals surface area contributed by atoms with Crippen LogP contribution < -0.4 is 26.4 Å². The number of ether oxygens (including phenoxy) is 1. The molecule has 2 unspecified atom stereocenters. The lowest BCUT2D eigenvalue weighted by molar-refractivity contribution is -0.171. The number of amides is 4. The monoisotopic (exact) mass is 751 g/mol. The smallest absolute Gasteiger partial charge is 0.363 e. The number of nitrogens with two attached hydrogens (primary N) is 1. The minimum absolute atomic E-state index is 0.0494. The first kappa shape index (κ1) is 42.0. The topological polar surface area (TPSA) is 257 Å². The van der Waals surface area contributed by atoms with E-state index in [1.54, 1.807) is 26.0 Å². The summed E-state index contributed by atoms with van der Waals surface area (Å²) in [5.41, 5.74) is 6.59. The van der Waals surface area contributed by atoms with Crippen molar-refractivity contribution < 1.29 is 57.8 Å². The maximum Gasteiger partial charge on any atom is 0.363 e. The first-order valence-electron chi connectivity index (χ1n) is 17.3. The van der Waals surface area contributed by atoms with Gasteiger partial charge in [-0.25, -0.2) is 9.59 Å². The summed E-state index contributed by atoms with van der Waals surface area (Å²) in [5.74, 6) is -6.37. The third kappa shape index (κ3) is 11.8. The number of nitrogens with zero attached hydrogens (tertiary/aromatic N) is 1. The molecule has 17 heteroatoms. The van der Waals surface area contributed by atoms with Gasteiger partial charge in [0.15, 0.2) is 5.76 Å². The van der Waals surface area contributed by atoms with Crippen molar-refractivity contribution in [3.8, 4) is 17.1 Å². The molecular weight excluding hydrogens is 706 g/mol. The van der Waals surface area contributed by atoms with E-state index >= 15 is 0 Å². The molecule has 0 saturated carbocycles. The van der Waals surface area contributed by atoms with E-state index in [2.05, 4.69) is 16.0 Å².